The summed E-state index contributed by atoms with van der Waals surface area (Å²) < 4.78 is 5.86. The lowest BCUT2D eigenvalue weighted by atomic mass is 9.93. The van der Waals surface area contributed by atoms with Gasteiger partial charge in [0.15, 0.2) is 0 Å². The normalized spacial score (nSPS) is 28.5. The fraction of sp³-hybridized carbons (Fsp3) is 0.625. The first kappa shape index (κ1) is 13.1. The van der Waals surface area contributed by atoms with E-state index in [0.29, 0.717) is 6.54 Å². The van der Waals surface area contributed by atoms with Crippen molar-refractivity contribution in [1.29, 1.82) is 0 Å². The molecule has 1 aromatic rings. The predicted octanol–water partition coefficient (Wildman–Crippen LogP) is 1.64. The Morgan fingerprint density at radius 3 is 2.47 bits per heavy atom. The summed E-state index contributed by atoms with van der Waals surface area (Å²) in [7, 11) is 0. The highest BCUT2D eigenvalue weighted by Crippen LogP contribution is 2.31. The Morgan fingerprint density at radius 1 is 1.26 bits per heavy atom. The monoisotopic (exact) mass is 260 g/mol. The summed E-state index contributed by atoms with van der Waals surface area (Å²) in [6.45, 7) is 4.68. The number of hydrogen-bond donors (Lipinski definition) is 2. The van der Waals surface area contributed by atoms with Crippen LogP contribution in [0, 0.1) is 0 Å². The zero-order chi connectivity index (χ0) is 13.3. The van der Waals surface area contributed by atoms with Gasteiger partial charge in [0.1, 0.15) is 0 Å². The summed E-state index contributed by atoms with van der Waals surface area (Å²) in [6, 6.07) is 8.68. The van der Waals surface area contributed by atoms with E-state index in [1.54, 1.807) is 0 Å². The summed E-state index contributed by atoms with van der Waals surface area (Å²) in [4.78, 5) is 0. The summed E-state index contributed by atoms with van der Waals surface area (Å²) >= 11 is 0. The zero-order valence-electron chi connectivity index (χ0n) is 11.7. The molecular weight excluding hydrogens is 236 g/mol. The predicted molar refractivity (Wildman–Crippen MR) is 77.2 cm³/mol. The van der Waals surface area contributed by atoms with E-state index >= 15 is 0 Å². The van der Waals surface area contributed by atoms with E-state index in [2.05, 4.69) is 36.5 Å². The molecule has 1 saturated heterocycles. The van der Waals surface area contributed by atoms with Crippen LogP contribution >= 0.6 is 0 Å². The van der Waals surface area contributed by atoms with Crippen molar-refractivity contribution in [3.8, 4) is 0 Å². The van der Waals surface area contributed by atoms with Crippen LogP contribution in [0.15, 0.2) is 24.3 Å². The Kier molecular flexibility index (Phi) is 3.37. The standard InChI is InChI=1S/C16H24N2O/c1-15(7-4-8-19-15)12-18-16(11-17)9-13-5-2-3-6-14(13)10-16/h2-3,5-6,18H,4,7-12,17H2,1H3. The minimum Gasteiger partial charge on any atom is -0.374 e. The van der Waals surface area contributed by atoms with Crippen LogP contribution < -0.4 is 11.1 Å². The third-order valence-electron chi connectivity index (χ3n) is 4.70. The summed E-state index contributed by atoms with van der Waals surface area (Å²) in [6.07, 6.45) is 4.40. The number of fused-ring (bicyclic) bond motifs is 1. The second-order valence-corrected chi connectivity index (χ2v) is 6.36. The van der Waals surface area contributed by atoms with Gasteiger partial charge < -0.3 is 15.8 Å². The summed E-state index contributed by atoms with van der Waals surface area (Å²) in [5, 5.41) is 3.72. The zero-order valence-corrected chi connectivity index (χ0v) is 11.7. The van der Waals surface area contributed by atoms with Crippen LogP contribution in [0.3, 0.4) is 0 Å². The van der Waals surface area contributed by atoms with Crippen LogP contribution in [0.25, 0.3) is 0 Å². The van der Waals surface area contributed by atoms with Crippen molar-refractivity contribution in [2.75, 3.05) is 19.7 Å². The molecule has 0 saturated carbocycles. The van der Waals surface area contributed by atoms with Crippen LogP contribution in [0.5, 0.6) is 0 Å². The molecule has 0 amide bonds. The molecular formula is C16H24N2O. The first-order valence-corrected chi connectivity index (χ1v) is 7.31. The average Bonchev–Trinajstić information content (AvgIpc) is 3.01. The number of ether oxygens (including phenoxy) is 1. The molecule has 3 nitrogen and oxygen atoms in total. The van der Waals surface area contributed by atoms with Crippen LogP contribution in [0.4, 0.5) is 0 Å². The molecule has 0 bridgehead atoms. The summed E-state index contributed by atoms with van der Waals surface area (Å²) in [5.74, 6) is 0. The Hall–Kier alpha value is -0.900. The Morgan fingerprint density at radius 2 is 1.95 bits per heavy atom. The van der Waals surface area contributed by atoms with E-state index in [1.165, 1.54) is 17.5 Å². The number of rotatable bonds is 4. The van der Waals surface area contributed by atoms with Crippen molar-refractivity contribution in [2.45, 2.75) is 43.7 Å². The van der Waals surface area contributed by atoms with Gasteiger partial charge in [-0.15, -0.1) is 0 Å². The lowest BCUT2D eigenvalue weighted by Crippen LogP contribution is -2.56. The van der Waals surface area contributed by atoms with Crippen LogP contribution in [0.1, 0.15) is 30.9 Å². The first-order chi connectivity index (χ1) is 9.15. The van der Waals surface area contributed by atoms with Crippen molar-refractivity contribution in [1.82, 2.24) is 5.32 Å². The molecule has 104 valence electrons. The number of nitrogens with one attached hydrogen (secondary N) is 1. The molecule has 1 atom stereocenters. The molecule has 1 aliphatic heterocycles. The van der Waals surface area contributed by atoms with Gasteiger partial charge in [-0.1, -0.05) is 24.3 Å². The van der Waals surface area contributed by atoms with E-state index in [9.17, 15) is 0 Å². The molecule has 3 heteroatoms. The van der Waals surface area contributed by atoms with Gasteiger partial charge in [0.25, 0.3) is 0 Å². The van der Waals surface area contributed by atoms with Crippen LogP contribution in [0.2, 0.25) is 0 Å². The van der Waals surface area contributed by atoms with Gasteiger partial charge in [-0.3, -0.25) is 0 Å². The Labute approximate surface area is 115 Å². The smallest absolute Gasteiger partial charge is 0.0779 e. The third-order valence-corrected chi connectivity index (χ3v) is 4.70. The van der Waals surface area contributed by atoms with Gasteiger partial charge in [0.2, 0.25) is 0 Å². The Bertz CT molecular complexity index is 427. The summed E-state index contributed by atoms with van der Waals surface area (Å²) in [5.41, 5.74) is 8.98. The lowest BCUT2D eigenvalue weighted by molar-refractivity contribution is 0.0147. The van der Waals surface area contributed by atoms with Gasteiger partial charge in [0, 0.05) is 25.2 Å². The number of nitrogens with two attached hydrogens (primary N) is 1. The fourth-order valence-corrected chi connectivity index (χ4v) is 3.39. The Balaban J connectivity index is 1.69. The fourth-order valence-electron chi connectivity index (χ4n) is 3.39. The van der Waals surface area contributed by atoms with E-state index in [4.69, 9.17) is 10.5 Å². The van der Waals surface area contributed by atoms with Crippen molar-refractivity contribution < 1.29 is 4.74 Å². The molecule has 1 aliphatic carbocycles. The topological polar surface area (TPSA) is 47.3 Å². The molecule has 0 spiro atoms. The molecule has 0 radical (unpaired) electrons. The van der Waals surface area contributed by atoms with Gasteiger partial charge in [-0.05, 0) is 43.7 Å². The number of benzene rings is 1. The van der Waals surface area contributed by atoms with Gasteiger partial charge >= 0.3 is 0 Å². The van der Waals surface area contributed by atoms with E-state index in [0.717, 1.165) is 32.4 Å². The highest BCUT2D eigenvalue weighted by Gasteiger charge is 2.38. The highest BCUT2D eigenvalue weighted by molar-refractivity contribution is 5.36. The second-order valence-electron chi connectivity index (χ2n) is 6.36. The number of hydrogen-bond acceptors (Lipinski definition) is 3. The highest BCUT2D eigenvalue weighted by atomic mass is 16.5. The average molecular weight is 260 g/mol. The quantitative estimate of drug-likeness (QED) is 0.865. The first-order valence-electron chi connectivity index (χ1n) is 7.31. The van der Waals surface area contributed by atoms with E-state index < -0.39 is 0 Å². The largest absolute Gasteiger partial charge is 0.374 e. The van der Waals surface area contributed by atoms with Gasteiger partial charge in [-0.25, -0.2) is 0 Å². The van der Waals surface area contributed by atoms with E-state index in [1.807, 2.05) is 0 Å². The third kappa shape index (κ3) is 2.55. The second kappa shape index (κ2) is 4.89. The SMILES string of the molecule is CC1(CNC2(CN)Cc3ccccc3C2)CCCO1. The molecule has 1 aromatic carbocycles. The van der Waals surface area contributed by atoms with Gasteiger partial charge in [0.05, 0.1) is 5.60 Å². The molecule has 1 fully saturated rings. The van der Waals surface area contributed by atoms with Crippen LogP contribution in [-0.2, 0) is 17.6 Å². The van der Waals surface area contributed by atoms with E-state index in [-0.39, 0.29) is 11.1 Å². The molecule has 3 N–H and O–H groups in total. The minimum atomic E-state index is -0.00303. The molecule has 1 heterocycles. The molecule has 3 rings (SSSR count). The lowest BCUT2D eigenvalue weighted by Gasteiger charge is -2.34. The molecule has 0 aromatic heterocycles. The van der Waals surface area contributed by atoms with Crippen molar-refractivity contribution >= 4 is 0 Å². The van der Waals surface area contributed by atoms with Crippen LogP contribution in [-0.4, -0.2) is 30.8 Å². The van der Waals surface area contributed by atoms with Gasteiger partial charge in [-0.2, -0.15) is 0 Å². The molecule has 1 unspecified atom stereocenters. The minimum absolute atomic E-state index is 0.00303. The van der Waals surface area contributed by atoms with Crippen molar-refractivity contribution in [2.24, 2.45) is 5.73 Å². The van der Waals surface area contributed by atoms with Crippen molar-refractivity contribution in [3.05, 3.63) is 35.4 Å². The maximum absolute atomic E-state index is 6.07. The maximum Gasteiger partial charge on any atom is 0.0779 e. The maximum atomic E-state index is 6.07. The van der Waals surface area contributed by atoms with Crippen molar-refractivity contribution in [3.63, 3.8) is 0 Å². The molecule has 19 heavy (non-hydrogen) atoms. The molecule has 2 aliphatic rings.